The maximum Gasteiger partial charge on any atom is 0.407 e. The van der Waals surface area contributed by atoms with Gasteiger partial charge < -0.3 is 34.5 Å². The van der Waals surface area contributed by atoms with Gasteiger partial charge >= 0.3 is 12.1 Å². The number of phenolic OH excluding ortho intramolecular Hbond substituents is 1. The van der Waals surface area contributed by atoms with Crippen LogP contribution in [0.1, 0.15) is 38.3 Å². The standard InChI is InChI=1S/C30H40N2O10S/c1-18(2)15-32(43(37,38)23-9-10-27(19(3)13-23)41-20(4)33)16-26(35)25(14-21-5-7-22(34)8-6-21)31-30(36)42-28-17-40-29-24(28)11-12-39-29/h5-10,13,18,24-26,28-29,34-35H,11-12,14-17H2,1-4H3,(H,31,36). The van der Waals surface area contributed by atoms with Crippen LogP contribution in [-0.2, 0) is 35.4 Å². The zero-order chi connectivity index (χ0) is 31.3. The molecule has 5 unspecified atom stereocenters. The minimum absolute atomic E-state index is 0.0224. The van der Waals surface area contributed by atoms with E-state index < -0.39 is 46.6 Å². The zero-order valence-corrected chi connectivity index (χ0v) is 25.6. The number of fused-ring (bicyclic) bond motifs is 1. The molecule has 2 aromatic rings. The van der Waals surface area contributed by atoms with Crippen molar-refractivity contribution < 1.29 is 47.2 Å². The number of amides is 1. The average Bonchev–Trinajstić information content (AvgIpc) is 3.55. The van der Waals surface area contributed by atoms with E-state index in [-0.39, 0.29) is 54.3 Å². The Hall–Kier alpha value is -3.23. The first-order valence-electron chi connectivity index (χ1n) is 14.3. The minimum Gasteiger partial charge on any atom is -0.508 e. The number of rotatable bonds is 12. The van der Waals surface area contributed by atoms with Gasteiger partial charge in [-0.3, -0.25) is 4.79 Å². The SMILES string of the molecule is CC(=O)Oc1ccc(S(=O)(=O)N(CC(C)C)CC(O)C(Cc2ccc(O)cc2)NC(=O)OC2COC3OCCC23)cc1C. The average molecular weight is 621 g/mol. The van der Waals surface area contributed by atoms with Crippen molar-refractivity contribution in [1.82, 2.24) is 9.62 Å². The first-order chi connectivity index (χ1) is 20.3. The molecule has 2 fully saturated rings. The molecule has 0 spiro atoms. The fourth-order valence-corrected chi connectivity index (χ4v) is 6.96. The van der Waals surface area contributed by atoms with Crippen LogP contribution in [0.3, 0.4) is 0 Å². The molecule has 2 saturated heterocycles. The largest absolute Gasteiger partial charge is 0.508 e. The molecular formula is C30H40N2O10S. The summed E-state index contributed by atoms with van der Waals surface area (Å²) in [4.78, 5) is 24.4. The van der Waals surface area contributed by atoms with E-state index in [0.717, 1.165) is 0 Å². The number of carbonyl (C=O) groups excluding carboxylic acids is 2. The number of carbonyl (C=O) groups is 2. The first-order valence-corrected chi connectivity index (χ1v) is 15.7. The van der Waals surface area contributed by atoms with Crippen molar-refractivity contribution in [3.8, 4) is 11.5 Å². The van der Waals surface area contributed by atoms with E-state index in [2.05, 4.69) is 5.32 Å². The first kappa shape index (κ1) is 32.7. The molecule has 0 aliphatic carbocycles. The summed E-state index contributed by atoms with van der Waals surface area (Å²) in [5, 5.41) is 23.9. The van der Waals surface area contributed by atoms with Gasteiger partial charge in [0, 0.05) is 20.0 Å². The van der Waals surface area contributed by atoms with Gasteiger partial charge in [-0.1, -0.05) is 26.0 Å². The highest BCUT2D eigenvalue weighted by Gasteiger charge is 2.44. The number of aryl methyl sites for hydroxylation is 1. The molecule has 0 aromatic heterocycles. The molecule has 2 aromatic carbocycles. The number of alkyl carbamates (subject to hydrolysis) is 1. The third-order valence-electron chi connectivity index (χ3n) is 7.40. The smallest absolute Gasteiger partial charge is 0.407 e. The van der Waals surface area contributed by atoms with E-state index in [4.69, 9.17) is 18.9 Å². The summed E-state index contributed by atoms with van der Waals surface area (Å²) in [6.45, 7) is 7.11. The Labute approximate surface area is 251 Å². The molecule has 2 heterocycles. The molecule has 2 aliphatic rings. The molecule has 5 atom stereocenters. The van der Waals surface area contributed by atoms with Gasteiger partial charge in [-0.15, -0.1) is 0 Å². The summed E-state index contributed by atoms with van der Waals surface area (Å²) in [5.74, 6) is -0.367. The second kappa shape index (κ2) is 14.0. The maximum absolute atomic E-state index is 13.8. The van der Waals surface area contributed by atoms with Crippen molar-refractivity contribution >= 4 is 22.1 Å². The highest BCUT2D eigenvalue weighted by atomic mass is 32.2. The summed E-state index contributed by atoms with van der Waals surface area (Å²) < 4.78 is 50.6. The third kappa shape index (κ3) is 8.45. The summed E-state index contributed by atoms with van der Waals surface area (Å²) in [6.07, 6.45) is -2.17. The molecular weight excluding hydrogens is 580 g/mol. The number of sulfonamides is 1. The van der Waals surface area contributed by atoms with Crippen molar-refractivity contribution in [3.63, 3.8) is 0 Å². The number of aliphatic hydroxyl groups is 1. The minimum atomic E-state index is -4.10. The number of nitrogens with one attached hydrogen (secondary N) is 1. The highest BCUT2D eigenvalue weighted by Crippen LogP contribution is 2.33. The van der Waals surface area contributed by atoms with Gasteiger partial charge in [0.25, 0.3) is 0 Å². The lowest BCUT2D eigenvalue weighted by Gasteiger charge is -2.31. The van der Waals surface area contributed by atoms with Crippen LogP contribution < -0.4 is 10.1 Å². The van der Waals surface area contributed by atoms with Gasteiger partial charge in [0.2, 0.25) is 10.0 Å². The quantitative estimate of drug-likeness (QED) is 0.238. The second-order valence-electron chi connectivity index (χ2n) is 11.4. The Kier molecular flexibility index (Phi) is 10.7. The van der Waals surface area contributed by atoms with Crippen molar-refractivity contribution in [2.24, 2.45) is 11.8 Å². The Morgan fingerprint density at radius 2 is 1.84 bits per heavy atom. The number of esters is 1. The molecule has 4 rings (SSSR count). The molecule has 12 nitrogen and oxygen atoms in total. The van der Waals surface area contributed by atoms with Crippen molar-refractivity contribution in [3.05, 3.63) is 53.6 Å². The monoisotopic (exact) mass is 620 g/mol. The lowest BCUT2D eigenvalue weighted by molar-refractivity contribution is -0.131. The normalized spacial score (nSPS) is 21.4. The van der Waals surface area contributed by atoms with Crippen LogP contribution in [0.5, 0.6) is 11.5 Å². The molecule has 0 radical (unpaired) electrons. The summed E-state index contributed by atoms with van der Waals surface area (Å²) in [6, 6.07) is 9.55. The fraction of sp³-hybridized carbons (Fsp3) is 0.533. The van der Waals surface area contributed by atoms with Crippen LogP contribution in [0.4, 0.5) is 4.79 Å². The van der Waals surface area contributed by atoms with E-state index in [1.807, 2.05) is 13.8 Å². The molecule has 0 saturated carbocycles. The Morgan fingerprint density at radius 1 is 1.12 bits per heavy atom. The number of hydrogen-bond donors (Lipinski definition) is 3. The lowest BCUT2D eigenvalue weighted by atomic mass is 10.0. The molecule has 236 valence electrons. The van der Waals surface area contributed by atoms with Crippen LogP contribution in [0.25, 0.3) is 0 Å². The third-order valence-corrected chi connectivity index (χ3v) is 9.23. The van der Waals surface area contributed by atoms with Crippen molar-refractivity contribution in [2.75, 3.05) is 26.3 Å². The van der Waals surface area contributed by atoms with Gasteiger partial charge in [0.1, 0.15) is 17.6 Å². The maximum atomic E-state index is 13.8. The predicted octanol–water partition coefficient (Wildman–Crippen LogP) is 2.73. The van der Waals surface area contributed by atoms with Crippen LogP contribution in [0.2, 0.25) is 0 Å². The van der Waals surface area contributed by atoms with E-state index in [1.54, 1.807) is 19.1 Å². The summed E-state index contributed by atoms with van der Waals surface area (Å²) in [7, 11) is -4.10. The predicted molar refractivity (Wildman–Crippen MR) is 155 cm³/mol. The number of aromatic hydroxyl groups is 1. The fourth-order valence-electron chi connectivity index (χ4n) is 5.25. The van der Waals surface area contributed by atoms with E-state index in [1.165, 1.54) is 41.6 Å². The highest BCUT2D eigenvalue weighted by molar-refractivity contribution is 7.89. The van der Waals surface area contributed by atoms with E-state index in [0.29, 0.717) is 24.2 Å². The molecule has 1 amide bonds. The summed E-state index contributed by atoms with van der Waals surface area (Å²) >= 11 is 0. The number of phenols is 1. The number of benzene rings is 2. The van der Waals surface area contributed by atoms with Gasteiger partial charge in [-0.05, 0) is 67.1 Å². The lowest BCUT2D eigenvalue weighted by Crippen LogP contribution is -2.51. The molecule has 0 bridgehead atoms. The van der Waals surface area contributed by atoms with Crippen molar-refractivity contribution in [2.45, 2.75) is 70.0 Å². The molecule has 3 N–H and O–H groups in total. The van der Waals surface area contributed by atoms with Crippen LogP contribution in [0.15, 0.2) is 47.4 Å². The number of ether oxygens (including phenoxy) is 4. The molecule has 43 heavy (non-hydrogen) atoms. The number of nitrogens with zero attached hydrogens (tertiary/aromatic N) is 1. The topological polar surface area (TPSA) is 161 Å². The molecule has 13 heteroatoms. The van der Waals surface area contributed by atoms with Gasteiger partial charge in [-0.2, -0.15) is 4.31 Å². The van der Waals surface area contributed by atoms with Crippen molar-refractivity contribution in [1.29, 1.82) is 0 Å². The Morgan fingerprint density at radius 3 is 2.49 bits per heavy atom. The van der Waals surface area contributed by atoms with Crippen LogP contribution in [-0.4, -0.2) is 85.8 Å². The van der Waals surface area contributed by atoms with Crippen LogP contribution in [0, 0.1) is 18.8 Å². The summed E-state index contributed by atoms with van der Waals surface area (Å²) in [5.41, 5.74) is 1.16. The van der Waals surface area contributed by atoms with E-state index in [9.17, 15) is 28.2 Å². The molecule has 2 aliphatic heterocycles. The van der Waals surface area contributed by atoms with Gasteiger partial charge in [-0.25, -0.2) is 13.2 Å². The zero-order valence-electron chi connectivity index (χ0n) is 24.8. The van der Waals surface area contributed by atoms with Crippen LogP contribution >= 0.6 is 0 Å². The number of aliphatic hydroxyl groups excluding tert-OH is 1. The van der Waals surface area contributed by atoms with E-state index >= 15 is 0 Å². The van der Waals surface area contributed by atoms with Gasteiger partial charge in [0.05, 0.1) is 36.2 Å². The Balaban J connectivity index is 1.54. The van der Waals surface area contributed by atoms with Gasteiger partial charge in [0.15, 0.2) is 6.29 Å². The Bertz CT molecular complexity index is 1380. The number of hydrogen-bond acceptors (Lipinski definition) is 10. The second-order valence-corrected chi connectivity index (χ2v) is 13.3.